The molecule has 6 atom stereocenters. The van der Waals surface area contributed by atoms with Gasteiger partial charge in [0.15, 0.2) is 0 Å². The van der Waals surface area contributed by atoms with Crippen molar-refractivity contribution in [1.29, 1.82) is 0 Å². The van der Waals surface area contributed by atoms with E-state index in [2.05, 4.69) is 20.9 Å². The summed E-state index contributed by atoms with van der Waals surface area (Å²) in [5.74, 6) is -4.41. The average Bonchev–Trinajstić information content (AvgIpc) is 3.38. The molecule has 14 nitrogen and oxygen atoms in total. The van der Waals surface area contributed by atoms with Gasteiger partial charge in [-0.15, -0.1) is 11.8 Å². The Balaban J connectivity index is 1.54. The number of aromatic nitrogens is 1. The number of amides is 2. The third-order valence-corrected chi connectivity index (χ3v) is 10.4. The maximum Gasteiger partial charge on any atom is 0.353 e. The van der Waals surface area contributed by atoms with Crippen LogP contribution in [0.3, 0.4) is 0 Å². The number of rotatable bonds is 18. The predicted octanol–water partition coefficient (Wildman–Crippen LogP) is 1.07. The fourth-order valence-electron chi connectivity index (χ4n) is 6.50. The predicted molar refractivity (Wildman–Crippen MR) is 172 cm³/mol. The topological polar surface area (TPSA) is 216 Å². The number of aliphatic hydroxyl groups excluding tert-OH is 1. The number of carboxylic acids is 2. The van der Waals surface area contributed by atoms with Crippen LogP contribution in [0.15, 0.2) is 47.5 Å². The minimum Gasteiger partial charge on any atom is -0.480 e. The molecule has 0 radical (unpaired) electrons. The number of pyridine rings is 1. The Hall–Kier alpha value is -3.79. The highest BCUT2D eigenvalue weighted by atomic mass is 32.2. The van der Waals surface area contributed by atoms with E-state index in [1.54, 1.807) is 19.4 Å². The Bertz CT molecular complexity index is 1400. The normalized spacial score (nSPS) is 23.6. The first-order valence-electron chi connectivity index (χ1n) is 15.8. The summed E-state index contributed by atoms with van der Waals surface area (Å²) in [6.45, 7) is 2.22. The summed E-state index contributed by atoms with van der Waals surface area (Å²) < 4.78 is 5.36. The van der Waals surface area contributed by atoms with Gasteiger partial charge in [0.05, 0.1) is 4.75 Å². The molecule has 2 amide bonds. The van der Waals surface area contributed by atoms with Crippen LogP contribution in [-0.4, -0.2) is 92.6 Å². The van der Waals surface area contributed by atoms with Gasteiger partial charge in [-0.3, -0.25) is 29.5 Å². The minimum atomic E-state index is -2.19. The number of nitrogens with one attached hydrogen (secondary N) is 4. The number of hydrogen-bond donors (Lipinski definition) is 7. The van der Waals surface area contributed by atoms with Gasteiger partial charge in [-0.2, -0.15) is 0 Å². The highest BCUT2D eigenvalue weighted by Gasteiger charge is 2.52. The summed E-state index contributed by atoms with van der Waals surface area (Å²) in [5.41, 5.74) is 3.26. The Morgan fingerprint density at radius 3 is 2.53 bits per heavy atom. The van der Waals surface area contributed by atoms with E-state index < -0.39 is 52.7 Å². The third kappa shape index (κ3) is 8.97. The van der Waals surface area contributed by atoms with Crippen molar-refractivity contribution in [2.75, 3.05) is 19.5 Å². The number of carboxylic acid groups (broad SMARTS) is 2. The Labute approximate surface area is 277 Å². The summed E-state index contributed by atoms with van der Waals surface area (Å²) in [6, 6.07) is 1.64. The van der Waals surface area contributed by atoms with Crippen molar-refractivity contribution in [2.45, 2.75) is 81.3 Å². The maximum absolute atomic E-state index is 13.3. The summed E-state index contributed by atoms with van der Waals surface area (Å²) >= 11 is 1.36. The van der Waals surface area contributed by atoms with Crippen LogP contribution >= 0.6 is 11.8 Å². The van der Waals surface area contributed by atoms with Crippen molar-refractivity contribution in [3.05, 3.63) is 53.1 Å². The van der Waals surface area contributed by atoms with Crippen LogP contribution < -0.4 is 21.3 Å². The van der Waals surface area contributed by atoms with Gasteiger partial charge < -0.3 is 36.0 Å². The van der Waals surface area contributed by atoms with E-state index in [1.807, 2.05) is 30.4 Å². The Morgan fingerprint density at radius 1 is 1.13 bits per heavy atom. The molecule has 256 valence electrons. The van der Waals surface area contributed by atoms with Crippen molar-refractivity contribution in [2.24, 2.45) is 11.8 Å². The standard InChI is InChI=1S/C32H43N5O9S/c1-3-9-32(10-6-20-14-19(13-18-7-11-34-12-8-18)15-21-25(20)26(32)46-31(21)45)47-16-23(27(39)37-28(40)30(43)44)36-24(38)5-4-22(29(41)42)35-17-33-2/h7-8,11-12,15,20-23,28,33,35,40H,3-6,9-10,13-14,16-17H2,1-2H3,(H,36,38)(H,37,39)(H,41,42)(H,43,44)/t20-,21+,22+,23+,28+,32-/m1/s1. The number of carbonyl (C=O) groups is 5. The molecule has 0 aromatic carbocycles. The quantitative estimate of drug-likeness (QED) is 0.0660. The number of esters is 1. The fraction of sp³-hybridized carbons (Fsp3) is 0.562. The molecule has 2 heterocycles. The summed E-state index contributed by atoms with van der Waals surface area (Å²) in [5, 5.41) is 38.5. The lowest BCUT2D eigenvalue weighted by atomic mass is 9.69. The number of hydrogen-bond acceptors (Lipinski definition) is 11. The number of allylic oxidation sites excluding steroid dienone is 1. The lowest BCUT2D eigenvalue weighted by Crippen LogP contribution is -2.53. The molecule has 1 aromatic heterocycles. The van der Waals surface area contributed by atoms with Gasteiger partial charge in [-0.25, -0.2) is 4.79 Å². The van der Waals surface area contributed by atoms with Gasteiger partial charge in [0.25, 0.3) is 0 Å². The number of thioether (sulfide) groups is 1. The van der Waals surface area contributed by atoms with Gasteiger partial charge >= 0.3 is 17.9 Å². The molecule has 0 bridgehead atoms. The number of aliphatic carboxylic acids is 2. The molecular weight excluding hydrogens is 630 g/mol. The lowest BCUT2D eigenvalue weighted by Gasteiger charge is -2.42. The largest absolute Gasteiger partial charge is 0.480 e. The Kier molecular flexibility index (Phi) is 12.5. The molecule has 47 heavy (non-hydrogen) atoms. The van der Waals surface area contributed by atoms with Gasteiger partial charge in [0.2, 0.25) is 18.0 Å². The number of ether oxygens (including phenoxy) is 1. The first kappa shape index (κ1) is 36.1. The second-order valence-electron chi connectivity index (χ2n) is 12.1. The summed E-state index contributed by atoms with van der Waals surface area (Å²) in [6.07, 6.45) is 7.38. The molecule has 0 spiro atoms. The van der Waals surface area contributed by atoms with Crippen LogP contribution in [0, 0.1) is 11.8 Å². The van der Waals surface area contributed by atoms with E-state index in [0.29, 0.717) is 18.6 Å². The average molecular weight is 674 g/mol. The zero-order valence-corrected chi connectivity index (χ0v) is 27.3. The first-order chi connectivity index (χ1) is 22.5. The van der Waals surface area contributed by atoms with Crippen molar-refractivity contribution in [3.8, 4) is 0 Å². The Morgan fingerprint density at radius 2 is 1.87 bits per heavy atom. The van der Waals surface area contributed by atoms with Crippen LogP contribution in [0.4, 0.5) is 0 Å². The van der Waals surface area contributed by atoms with Gasteiger partial charge in [0.1, 0.15) is 23.8 Å². The minimum absolute atomic E-state index is 0.0168. The van der Waals surface area contributed by atoms with Gasteiger partial charge in [-0.1, -0.05) is 25.0 Å². The summed E-state index contributed by atoms with van der Waals surface area (Å²) in [4.78, 5) is 66.3. The van der Waals surface area contributed by atoms with E-state index >= 15 is 0 Å². The molecule has 15 heteroatoms. The molecule has 0 fully saturated rings. The number of nitrogens with zero attached hydrogens (tertiary/aromatic N) is 1. The second-order valence-corrected chi connectivity index (χ2v) is 13.5. The zero-order valence-electron chi connectivity index (χ0n) is 26.5. The van der Waals surface area contributed by atoms with E-state index in [4.69, 9.17) is 9.84 Å². The molecule has 1 aliphatic heterocycles. The first-order valence-corrected chi connectivity index (χ1v) is 16.8. The van der Waals surface area contributed by atoms with Crippen molar-refractivity contribution in [3.63, 3.8) is 0 Å². The van der Waals surface area contributed by atoms with E-state index in [0.717, 1.165) is 36.8 Å². The SMILES string of the molecule is CCC[C@@]1(SC[C@H](NC(=O)CC[C@H](NCNC)C(=O)O)C(=O)N[C@@H](O)C(=O)O)CC[C@@H]2CC(Cc3ccncc3)=C[C@@H]3C(=O)OC1=C23. The maximum atomic E-state index is 13.3. The smallest absolute Gasteiger partial charge is 0.353 e. The monoisotopic (exact) mass is 673 g/mol. The highest BCUT2D eigenvalue weighted by molar-refractivity contribution is 8.00. The molecule has 0 saturated carbocycles. The number of carbonyl (C=O) groups excluding carboxylic acids is 3. The van der Waals surface area contributed by atoms with Crippen molar-refractivity contribution >= 4 is 41.5 Å². The molecule has 3 aliphatic rings. The highest BCUT2D eigenvalue weighted by Crippen LogP contribution is 2.56. The third-order valence-electron chi connectivity index (χ3n) is 8.72. The molecule has 7 N–H and O–H groups in total. The van der Waals surface area contributed by atoms with Crippen LogP contribution in [0.5, 0.6) is 0 Å². The number of aliphatic hydroxyl groups is 1. The van der Waals surface area contributed by atoms with Gasteiger partial charge in [0, 0.05) is 31.2 Å². The molecule has 4 rings (SSSR count). The molecular formula is C32H43N5O9S. The van der Waals surface area contributed by atoms with Gasteiger partial charge in [-0.05, 0) is 74.8 Å². The fourth-order valence-corrected chi connectivity index (χ4v) is 8.12. The van der Waals surface area contributed by atoms with E-state index in [1.165, 1.54) is 17.3 Å². The van der Waals surface area contributed by atoms with Crippen molar-refractivity contribution in [1.82, 2.24) is 26.3 Å². The second kappa shape index (κ2) is 16.4. The van der Waals surface area contributed by atoms with Crippen LogP contribution in [0.25, 0.3) is 0 Å². The molecule has 0 saturated heterocycles. The van der Waals surface area contributed by atoms with Crippen LogP contribution in [-0.2, 0) is 35.1 Å². The lowest BCUT2D eigenvalue weighted by molar-refractivity contribution is -0.151. The van der Waals surface area contributed by atoms with Crippen LogP contribution in [0.2, 0.25) is 0 Å². The molecule has 0 unspecified atom stereocenters. The molecule has 1 aromatic rings. The van der Waals surface area contributed by atoms with Crippen LogP contribution in [0.1, 0.15) is 57.4 Å². The van der Waals surface area contributed by atoms with Crippen molar-refractivity contribution < 1.29 is 44.0 Å². The zero-order chi connectivity index (χ0) is 34.1. The summed E-state index contributed by atoms with van der Waals surface area (Å²) in [7, 11) is 1.64. The van der Waals surface area contributed by atoms with E-state index in [9.17, 15) is 34.2 Å². The van der Waals surface area contributed by atoms with E-state index in [-0.39, 0.29) is 37.2 Å². The molecule has 2 aliphatic carbocycles.